The van der Waals surface area contributed by atoms with Crippen LogP contribution < -0.4 is 9.47 Å². The summed E-state index contributed by atoms with van der Waals surface area (Å²) in [5, 5.41) is 0. The third-order valence-electron chi connectivity index (χ3n) is 8.54. The fraction of sp³-hybridized carbons (Fsp3) is 0.488. The van der Waals surface area contributed by atoms with Gasteiger partial charge in [0.15, 0.2) is 11.6 Å². The van der Waals surface area contributed by atoms with Gasteiger partial charge in [-0.05, 0) is 79.8 Å². The first-order chi connectivity index (χ1) is 23.9. The Labute approximate surface area is 293 Å². The molecule has 5 nitrogen and oxygen atoms in total. The fourth-order valence-electron chi connectivity index (χ4n) is 5.58. The molecular formula is C43H55FO5. The van der Waals surface area contributed by atoms with E-state index in [1.54, 1.807) is 36.4 Å². The highest BCUT2D eigenvalue weighted by molar-refractivity contribution is 5.91. The number of hydrogen-bond acceptors (Lipinski definition) is 5. The second-order valence-corrected chi connectivity index (χ2v) is 12.8. The van der Waals surface area contributed by atoms with Gasteiger partial charge in [0.2, 0.25) is 0 Å². The lowest BCUT2D eigenvalue weighted by molar-refractivity contribution is -0.128. The highest BCUT2D eigenvalue weighted by atomic mass is 19.1. The summed E-state index contributed by atoms with van der Waals surface area (Å²) < 4.78 is 31.1. The molecule has 0 aliphatic rings. The standard InChI is InChI=1S/C43H55FO5/c1-4-6-8-10-11-12-13-14-15-16-18-32-47-41-30-20-35(33-40(41)44)21-31-42(45)49-39-28-26-37(27-29-39)36-22-24-38(25-23-36)43(46)48-34(3)19-17-9-7-5-2/h20,22-30,33-34H,4-19,32H2,1-3H3. The second-order valence-electron chi connectivity index (χ2n) is 12.8. The molecule has 0 aliphatic heterocycles. The molecule has 49 heavy (non-hydrogen) atoms. The summed E-state index contributed by atoms with van der Waals surface area (Å²) in [4.78, 5) is 24.9. The van der Waals surface area contributed by atoms with Crippen molar-refractivity contribution in [3.63, 3.8) is 0 Å². The van der Waals surface area contributed by atoms with E-state index < -0.39 is 11.8 Å². The van der Waals surface area contributed by atoms with E-state index in [-0.39, 0.29) is 17.8 Å². The number of rotatable bonds is 22. The minimum atomic E-state index is -0.743. The van der Waals surface area contributed by atoms with E-state index in [1.165, 1.54) is 76.7 Å². The SMILES string of the molecule is CCCCCCCCCCCCCOc1ccc(C#CC(=O)Oc2ccc(-c3ccc(C(=O)OC(C)CCCCCC)cc3)cc2)cc1F. The van der Waals surface area contributed by atoms with Crippen LogP contribution in [-0.4, -0.2) is 24.6 Å². The van der Waals surface area contributed by atoms with Gasteiger partial charge in [-0.1, -0.05) is 128 Å². The van der Waals surface area contributed by atoms with Crippen LogP contribution in [0, 0.1) is 17.7 Å². The molecule has 3 aromatic rings. The molecular weight excluding hydrogens is 615 g/mol. The van der Waals surface area contributed by atoms with Crippen molar-refractivity contribution >= 4 is 11.9 Å². The molecule has 0 radical (unpaired) electrons. The van der Waals surface area contributed by atoms with Crippen molar-refractivity contribution in [2.45, 2.75) is 130 Å². The summed E-state index contributed by atoms with van der Waals surface area (Å²) in [7, 11) is 0. The van der Waals surface area contributed by atoms with Crippen LogP contribution in [0.4, 0.5) is 4.39 Å². The number of benzene rings is 3. The molecule has 0 N–H and O–H groups in total. The van der Waals surface area contributed by atoms with Crippen LogP contribution in [0.5, 0.6) is 11.5 Å². The molecule has 0 amide bonds. The van der Waals surface area contributed by atoms with Crippen LogP contribution in [0.3, 0.4) is 0 Å². The van der Waals surface area contributed by atoms with Crippen LogP contribution in [-0.2, 0) is 9.53 Å². The van der Waals surface area contributed by atoms with Gasteiger partial charge in [0, 0.05) is 11.5 Å². The number of ether oxygens (including phenoxy) is 3. The zero-order valence-corrected chi connectivity index (χ0v) is 29.9. The van der Waals surface area contributed by atoms with Crippen molar-refractivity contribution in [1.29, 1.82) is 0 Å². The first kappa shape index (κ1) is 39.3. The minimum Gasteiger partial charge on any atom is -0.491 e. The molecule has 1 unspecified atom stereocenters. The molecule has 0 saturated heterocycles. The lowest BCUT2D eigenvalue weighted by Crippen LogP contribution is -2.15. The Morgan fingerprint density at radius 1 is 0.694 bits per heavy atom. The van der Waals surface area contributed by atoms with E-state index in [9.17, 15) is 14.0 Å². The third kappa shape index (κ3) is 15.8. The molecule has 0 spiro atoms. The largest absolute Gasteiger partial charge is 0.491 e. The monoisotopic (exact) mass is 670 g/mol. The Kier molecular flexibility index (Phi) is 18.7. The Morgan fingerprint density at radius 2 is 1.24 bits per heavy atom. The molecule has 0 aromatic heterocycles. The van der Waals surface area contributed by atoms with E-state index in [2.05, 4.69) is 25.7 Å². The average molecular weight is 671 g/mol. The molecule has 3 aromatic carbocycles. The van der Waals surface area contributed by atoms with Gasteiger partial charge in [0.05, 0.1) is 18.3 Å². The van der Waals surface area contributed by atoms with E-state index in [1.807, 2.05) is 31.2 Å². The van der Waals surface area contributed by atoms with E-state index in [0.717, 1.165) is 43.2 Å². The van der Waals surface area contributed by atoms with Gasteiger partial charge in [-0.15, -0.1) is 0 Å². The van der Waals surface area contributed by atoms with Gasteiger partial charge in [-0.2, -0.15) is 0 Å². The second kappa shape index (κ2) is 23.3. The summed E-state index contributed by atoms with van der Waals surface area (Å²) in [6.45, 7) is 6.83. The first-order valence-electron chi connectivity index (χ1n) is 18.5. The smallest absolute Gasteiger partial charge is 0.390 e. The quantitative estimate of drug-likeness (QED) is 0.0461. The Bertz CT molecular complexity index is 1450. The maximum absolute atomic E-state index is 14.6. The van der Waals surface area contributed by atoms with E-state index >= 15 is 0 Å². The third-order valence-corrected chi connectivity index (χ3v) is 8.54. The zero-order chi connectivity index (χ0) is 35.1. The Balaban J connectivity index is 1.37. The number of carbonyl (C=O) groups is 2. The number of unbranched alkanes of at least 4 members (excludes halogenated alkanes) is 13. The minimum absolute atomic E-state index is 0.112. The molecule has 3 rings (SSSR count). The van der Waals surface area contributed by atoms with Crippen LogP contribution in [0.2, 0.25) is 0 Å². The molecule has 264 valence electrons. The Hall–Kier alpha value is -4.11. The number of hydrogen-bond donors (Lipinski definition) is 0. The summed E-state index contributed by atoms with van der Waals surface area (Å²) >= 11 is 0. The van der Waals surface area contributed by atoms with Crippen molar-refractivity contribution in [3.8, 4) is 34.5 Å². The summed E-state index contributed by atoms with van der Waals surface area (Å²) in [5.41, 5.74) is 2.68. The van der Waals surface area contributed by atoms with Crippen LogP contribution in [0.15, 0.2) is 66.7 Å². The molecule has 0 saturated carbocycles. The molecule has 0 bridgehead atoms. The number of carbonyl (C=O) groups excluding carboxylic acids is 2. The lowest BCUT2D eigenvalue weighted by atomic mass is 10.0. The molecule has 0 heterocycles. The van der Waals surface area contributed by atoms with E-state index in [0.29, 0.717) is 23.5 Å². The van der Waals surface area contributed by atoms with Gasteiger partial charge < -0.3 is 14.2 Å². The van der Waals surface area contributed by atoms with Crippen molar-refractivity contribution in [2.75, 3.05) is 6.61 Å². The molecule has 0 aliphatic carbocycles. The average Bonchev–Trinajstić information content (AvgIpc) is 3.11. The molecule has 1 atom stereocenters. The predicted molar refractivity (Wildman–Crippen MR) is 196 cm³/mol. The maximum Gasteiger partial charge on any atom is 0.390 e. The number of halogens is 1. The Morgan fingerprint density at radius 3 is 1.84 bits per heavy atom. The van der Waals surface area contributed by atoms with Crippen molar-refractivity contribution in [2.24, 2.45) is 0 Å². The topological polar surface area (TPSA) is 61.8 Å². The predicted octanol–water partition coefficient (Wildman–Crippen LogP) is 11.7. The summed E-state index contributed by atoms with van der Waals surface area (Å²) in [5.74, 6) is 4.05. The van der Waals surface area contributed by atoms with Gasteiger partial charge in [-0.25, -0.2) is 14.0 Å². The maximum atomic E-state index is 14.6. The van der Waals surface area contributed by atoms with Gasteiger partial charge in [0.25, 0.3) is 0 Å². The van der Waals surface area contributed by atoms with Crippen LogP contribution in [0.1, 0.15) is 139 Å². The first-order valence-corrected chi connectivity index (χ1v) is 18.5. The van der Waals surface area contributed by atoms with Crippen LogP contribution in [0.25, 0.3) is 11.1 Å². The van der Waals surface area contributed by atoms with Crippen molar-refractivity contribution in [1.82, 2.24) is 0 Å². The molecule has 6 heteroatoms. The normalized spacial score (nSPS) is 11.3. The van der Waals surface area contributed by atoms with Gasteiger partial charge in [-0.3, -0.25) is 0 Å². The highest BCUT2D eigenvalue weighted by Gasteiger charge is 2.12. The van der Waals surface area contributed by atoms with Gasteiger partial charge in [0.1, 0.15) is 5.75 Å². The summed E-state index contributed by atoms with van der Waals surface area (Å²) in [6, 6.07) is 18.7. The number of esters is 2. The van der Waals surface area contributed by atoms with Gasteiger partial charge >= 0.3 is 11.9 Å². The zero-order valence-electron chi connectivity index (χ0n) is 29.9. The van der Waals surface area contributed by atoms with Crippen molar-refractivity contribution < 1.29 is 28.2 Å². The van der Waals surface area contributed by atoms with Crippen molar-refractivity contribution in [3.05, 3.63) is 83.7 Å². The van der Waals surface area contributed by atoms with E-state index in [4.69, 9.17) is 14.2 Å². The molecule has 0 fully saturated rings. The van der Waals surface area contributed by atoms with Crippen LogP contribution >= 0.6 is 0 Å². The summed E-state index contributed by atoms with van der Waals surface area (Å²) in [6.07, 6.45) is 19.1. The highest BCUT2D eigenvalue weighted by Crippen LogP contribution is 2.24. The lowest BCUT2D eigenvalue weighted by Gasteiger charge is -2.13. The fourth-order valence-corrected chi connectivity index (χ4v) is 5.58.